The summed E-state index contributed by atoms with van der Waals surface area (Å²) in [5, 5.41) is 0. The summed E-state index contributed by atoms with van der Waals surface area (Å²) in [7, 11) is -8.27. The number of rotatable bonds is 10. The Morgan fingerprint density at radius 3 is 1.37 bits per heavy atom. The molecule has 0 aromatic rings. The van der Waals surface area contributed by atoms with Gasteiger partial charge in [-0.2, -0.15) is 0 Å². The number of carbonyl (C=O) groups excluding carboxylic acids is 2. The molecule has 2 atom stereocenters. The number of hydrogen-bond donors (Lipinski definition) is 0. The highest BCUT2D eigenvalue weighted by Crippen LogP contribution is 2.23. The van der Waals surface area contributed by atoms with Crippen LogP contribution in [-0.2, 0) is 27.3 Å². The van der Waals surface area contributed by atoms with Gasteiger partial charge in [-0.1, -0.05) is 0 Å². The van der Waals surface area contributed by atoms with Crippen LogP contribution in [0.1, 0.15) is 6.42 Å². The van der Waals surface area contributed by atoms with Crippen molar-refractivity contribution in [3.63, 3.8) is 0 Å². The Bertz CT molecular complexity index is 511. The lowest BCUT2D eigenvalue weighted by atomic mass is 10.1. The predicted molar refractivity (Wildman–Crippen MR) is 120 cm³/mol. The van der Waals surface area contributed by atoms with Crippen LogP contribution < -0.4 is 0 Å². The van der Waals surface area contributed by atoms with Crippen molar-refractivity contribution in [2.45, 2.75) is 97.2 Å². The molecule has 0 N–H and O–H groups in total. The Hall–Kier alpha value is -0.272. The largest absolute Gasteiger partial charge is 0.520 e. The summed E-state index contributed by atoms with van der Waals surface area (Å²) in [5.41, 5.74) is 0. The zero-order valence-electron chi connectivity index (χ0n) is 19.3. The average Bonchev–Trinajstić information content (AvgIpc) is 2.27. The van der Waals surface area contributed by atoms with Gasteiger partial charge in [-0.05, 0) is 78.6 Å². The van der Waals surface area contributed by atoms with E-state index in [1.807, 2.05) is 78.6 Å². The normalized spacial score (nSPS) is 15.9. The molecule has 6 nitrogen and oxygen atoms in total. The van der Waals surface area contributed by atoms with Gasteiger partial charge in [0.15, 0.2) is 22.7 Å². The van der Waals surface area contributed by atoms with E-state index in [4.69, 9.17) is 17.7 Å². The minimum atomic E-state index is -2.11. The molecule has 0 heterocycles. The monoisotopic (exact) mass is 452 g/mol. The fourth-order valence-corrected chi connectivity index (χ4v) is 5.84. The molecule has 0 spiro atoms. The van der Waals surface area contributed by atoms with E-state index < -0.39 is 51.4 Å². The molecule has 0 aromatic carbocycles. The Labute approximate surface area is 169 Å². The predicted octanol–water partition coefficient (Wildman–Crippen LogP) is 4.57. The maximum atomic E-state index is 12.9. The van der Waals surface area contributed by atoms with Crippen LogP contribution in [0.2, 0.25) is 78.6 Å². The summed E-state index contributed by atoms with van der Waals surface area (Å²) in [6.07, 6.45) is -1.62. The molecule has 0 aliphatic heterocycles. The van der Waals surface area contributed by atoms with Crippen molar-refractivity contribution in [1.82, 2.24) is 0 Å². The van der Waals surface area contributed by atoms with Gasteiger partial charge < -0.3 is 17.7 Å². The van der Waals surface area contributed by atoms with Gasteiger partial charge in [-0.25, -0.2) is 0 Å². The highest BCUT2D eigenvalue weighted by Gasteiger charge is 2.41. The number of hydrogen-bond acceptors (Lipinski definition) is 6. The first-order valence-corrected chi connectivity index (χ1v) is 23.1. The lowest BCUT2D eigenvalue weighted by Gasteiger charge is -2.36. The quantitative estimate of drug-likeness (QED) is 0.452. The van der Waals surface area contributed by atoms with E-state index in [0.717, 1.165) is 0 Å². The van der Waals surface area contributed by atoms with Crippen LogP contribution in [0.5, 0.6) is 0 Å². The summed E-state index contributed by atoms with van der Waals surface area (Å²) in [6.45, 7) is 23.8. The Morgan fingerprint density at radius 1 is 0.630 bits per heavy atom. The Kier molecular flexibility index (Phi) is 9.39. The minimum absolute atomic E-state index is 0.00944. The lowest BCUT2D eigenvalue weighted by Crippen LogP contribution is -2.51. The summed E-state index contributed by atoms with van der Waals surface area (Å²) in [6, 6.07) is 0. The molecule has 0 fully saturated rings. The third kappa shape index (κ3) is 14.4. The van der Waals surface area contributed by atoms with Gasteiger partial charge in [0.05, 0.1) is 12.5 Å². The topological polar surface area (TPSA) is 71.1 Å². The molecule has 0 bridgehead atoms. The molecule has 0 aromatic heterocycles. The van der Waals surface area contributed by atoms with Gasteiger partial charge in [0.1, 0.15) is 0 Å². The van der Waals surface area contributed by atoms with Crippen molar-refractivity contribution >= 4 is 45.2 Å². The summed E-state index contributed by atoms with van der Waals surface area (Å²) < 4.78 is 23.7. The van der Waals surface area contributed by atoms with Crippen LogP contribution >= 0.6 is 0 Å². The maximum absolute atomic E-state index is 12.9. The second-order valence-electron chi connectivity index (χ2n) is 10.7. The molecule has 10 heteroatoms. The van der Waals surface area contributed by atoms with E-state index in [-0.39, 0.29) is 12.4 Å². The molecule has 27 heavy (non-hydrogen) atoms. The molecule has 0 aliphatic rings. The van der Waals surface area contributed by atoms with E-state index >= 15 is 0 Å². The van der Waals surface area contributed by atoms with E-state index in [9.17, 15) is 9.59 Å². The smallest absolute Gasteiger partial charge is 0.323 e. The van der Waals surface area contributed by atoms with Crippen LogP contribution in [0.15, 0.2) is 0 Å². The van der Waals surface area contributed by atoms with Gasteiger partial charge in [0.25, 0.3) is 5.97 Å². The second-order valence-corrected chi connectivity index (χ2v) is 28.5. The molecule has 0 unspecified atom stereocenters. The van der Waals surface area contributed by atoms with Crippen molar-refractivity contribution in [2.75, 3.05) is 0 Å². The van der Waals surface area contributed by atoms with E-state index in [0.29, 0.717) is 0 Å². The molecule has 0 rings (SSSR count). The fraction of sp³-hybridized carbons (Fsp3) is 0.882. The first kappa shape index (κ1) is 26.7. The maximum Gasteiger partial charge on any atom is 0.323 e. The van der Waals surface area contributed by atoms with Gasteiger partial charge in [-0.3, -0.25) is 9.59 Å². The molecule has 0 saturated carbocycles. The number of carbonyl (C=O) groups is 2. The Balaban J connectivity index is 5.73. The van der Waals surface area contributed by atoms with Crippen molar-refractivity contribution in [3.8, 4) is 0 Å². The standard InChI is InChI=1S/C17H40O6Si4/c1-24(2,3)20-14(13-15(18)21-25(4,5)6)16(22-26(7,8)9)17(19)23-27(10,11)12/h14,16H,13H2,1-12H3/t14-,16+/m0/s1. The van der Waals surface area contributed by atoms with Crippen LogP contribution in [-0.4, -0.2) is 57.4 Å². The zero-order chi connectivity index (χ0) is 21.8. The highest BCUT2D eigenvalue weighted by molar-refractivity contribution is 6.72. The van der Waals surface area contributed by atoms with E-state index in [1.54, 1.807) is 0 Å². The van der Waals surface area contributed by atoms with Gasteiger partial charge in [0.2, 0.25) is 16.6 Å². The minimum Gasteiger partial charge on any atom is -0.520 e. The van der Waals surface area contributed by atoms with Crippen molar-refractivity contribution in [3.05, 3.63) is 0 Å². The molecular weight excluding hydrogens is 413 g/mol. The molecule has 0 radical (unpaired) electrons. The lowest BCUT2D eigenvalue weighted by molar-refractivity contribution is -0.150. The summed E-state index contributed by atoms with van der Waals surface area (Å²) in [5.74, 6) is -0.775. The third-order valence-corrected chi connectivity index (χ3v) is 6.37. The summed E-state index contributed by atoms with van der Waals surface area (Å²) >= 11 is 0. The zero-order valence-corrected chi connectivity index (χ0v) is 23.3. The van der Waals surface area contributed by atoms with Crippen molar-refractivity contribution in [1.29, 1.82) is 0 Å². The average molecular weight is 453 g/mol. The van der Waals surface area contributed by atoms with Crippen LogP contribution in [0.25, 0.3) is 0 Å². The van der Waals surface area contributed by atoms with Crippen LogP contribution in [0.4, 0.5) is 0 Å². The first-order valence-electron chi connectivity index (χ1n) is 9.49. The van der Waals surface area contributed by atoms with Crippen molar-refractivity contribution in [2.24, 2.45) is 0 Å². The van der Waals surface area contributed by atoms with E-state index in [2.05, 4.69) is 0 Å². The Morgan fingerprint density at radius 2 is 1.04 bits per heavy atom. The SMILES string of the molecule is C[Si](C)(C)OC(=O)C[C@H](O[Si](C)(C)C)[C@@H](O[Si](C)(C)C)C(=O)O[Si](C)(C)C. The fourth-order valence-electron chi connectivity index (χ4n) is 2.23. The third-order valence-electron chi connectivity index (χ3n) is 2.75. The van der Waals surface area contributed by atoms with Gasteiger partial charge in [-0.15, -0.1) is 0 Å². The van der Waals surface area contributed by atoms with E-state index in [1.165, 1.54) is 0 Å². The first-order chi connectivity index (χ1) is 11.7. The van der Waals surface area contributed by atoms with Crippen molar-refractivity contribution < 1.29 is 27.3 Å². The van der Waals surface area contributed by atoms with Gasteiger partial charge >= 0.3 is 5.97 Å². The highest BCUT2D eigenvalue weighted by atomic mass is 28.4. The molecule has 160 valence electrons. The second kappa shape index (κ2) is 9.48. The molecule has 0 aliphatic carbocycles. The molecule has 0 saturated heterocycles. The van der Waals surface area contributed by atoms with Gasteiger partial charge in [0, 0.05) is 0 Å². The molecular formula is C17H40O6Si4. The van der Waals surface area contributed by atoms with Crippen LogP contribution in [0.3, 0.4) is 0 Å². The van der Waals surface area contributed by atoms with Crippen LogP contribution in [0, 0.1) is 0 Å². The summed E-state index contributed by atoms with van der Waals surface area (Å²) in [4.78, 5) is 25.4. The molecule has 0 amide bonds.